The first kappa shape index (κ1) is 13.3. The quantitative estimate of drug-likeness (QED) is 0.848. The average molecular weight is 274 g/mol. The molecule has 0 aliphatic heterocycles. The number of alkyl halides is 3. The van der Waals surface area contributed by atoms with Gasteiger partial charge in [-0.1, -0.05) is 23.2 Å². The molecule has 2 nitrogen and oxygen atoms in total. The largest absolute Gasteiger partial charge is 0.491 e. The van der Waals surface area contributed by atoms with E-state index in [4.69, 9.17) is 33.7 Å². The van der Waals surface area contributed by atoms with Gasteiger partial charge in [0.05, 0.1) is 28.8 Å². The van der Waals surface area contributed by atoms with Crippen LogP contribution in [-0.4, -0.2) is 12.8 Å². The fourth-order valence-corrected chi connectivity index (χ4v) is 1.27. The zero-order valence-corrected chi connectivity index (χ0v) is 9.46. The van der Waals surface area contributed by atoms with E-state index in [1.807, 2.05) is 0 Å². The number of benzene rings is 1. The molecule has 0 amide bonds. The van der Waals surface area contributed by atoms with Gasteiger partial charge in [-0.2, -0.15) is 13.2 Å². The first-order chi connectivity index (χ1) is 7.29. The minimum absolute atomic E-state index is 0.0960. The minimum atomic E-state index is -4.26. The van der Waals surface area contributed by atoms with Crippen molar-refractivity contribution in [3.63, 3.8) is 0 Å². The number of hydrogen-bond acceptors (Lipinski definition) is 2. The molecule has 1 aromatic carbocycles. The number of nitrogens with two attached hydrogens (primary N) is 1. The first-order valence-corrected chi connectivity index (χ1v) is 4.99. The molecule has 0 fully saturated rings. The van der Waals surface area contributed by atoms with Gasteiger partial charge in [0, 0.05) is 6.07 Å². The van der Waals surface area contributed by atoms with Crippen LogP contribution >= 0.6 is 23.2 Å². The Balaban J connectivity index is 2.64. The van der Waals surface area contributed by atoms with Crippen molar-refractivity contribution in [1.29, 1.82) is 0 Å². The van der Waals surface area contributed by atoms with E-state index in [2.05, 4.69) is 0 Å². The second-order valence-corrected chi connectivity index (χ2v) is 3.83. The lowest BCUT2D eigenvalue weighted by atomic mass is 10.3. The molecule has 0 atom stereocenters. The van der Waals surface area contributed by atoms with Crippen LogP contribution in [-0.2, 0) is 0 Å². The van der Waals surface area contributed by atoms with Gasteiger partial charge in [0.15, 0.2) is 0 Å². The van der Waals surface area contributed by atoms with Crippen LogP contribution in [0.2, 0.25) is 10.0 Å². The molecule has 0 radical (unpaired) electrons. The Kier molecular flexibility index (Phi) is 4.15. The minimum Gasteiger partial charge on any atom is -0.491 e. The summed E-state index contributed by atoms with van der Waals surface area (Å²) in [5.74, 6) is 0.0960. The second-order valence-electron chi connectivity index (χ2n) is 3.02. The summed E-state index contributed by atoms with van der Waals surface area (Å²) in [5.41, 5.74) is 5.64. The summed E-state index contributed by atoms with van der Waals surface area (Å²) < 4.78 is 40.4. The van der Waals surface area contributed by atoms with Crippen molar-refractivity contribution < 1.29 is 17.9 Å². The topological polar surface area (TPSA) is 35.2 Å². The summed E-state index contributed by atoms with van der Waals surface area (Å²) in [6.45, 7) is -0.508. The summed E-state index contributed by atoms with van der Waals surface area (Å²) in [6, 6.07) is 2.61. The number of nitrogen functional groups attached to an aromatic ring is 1. The highest BCUT2D eigenvalue weighted by molar-refractivity contribution is 6.42. The van der Waals surface area contributed by atoms with E-state index < -0.39 is 19.2 Å². The zero-order chi connectivity index (χ0) is 12.3. The van der Waals surface area contributed by atoms with Gasteiger partial charge in [-0.05, 0) is 6.07 Å². The normalized spacial score (nSPS) is 11.6. The molecule has 1 aromatic rings. The van der Waals surface area contributed by atoms with Gasteiger partial charge < -0.3 is 10.5 Å². The molecule has 90 valence electrons. The Bertz CT molecular complexity index is 382. The maximum atomic E-state index is 11.8. The van der Waals surface area contributed by atoms with E-state index in [9.17, 15) is 13.2 Å². The molecule has 0 aliphatic rings. The lowest BCUT2D eigenvalue weighted by Crippen LogP contribution is -2.13. The van der Waals surface area contributed by atoms with Crippen LogP contribution in [0.3, 0.4) is 0 Å². The van der Waals surface area contributed by atoms with Gasteiger partial charge >= 0.3 is 6.18 Å². The second kappa shape index (κ2) is 5.01. The maximum Gasteiger partial charge on any atom is 0.392 e. The lowest BCUT2D eigenvalue weighted by molar-refractivity contribution is -0.139. The third-order valence-electron chi connectivity index (χ3n) is 1.70. The summed E-state index contributed by atoms with van der Waals surface area (Å²) in [6.07, 6.45) is -5.31. The van der Waals surface area contributed by atoms with Crippen LogP contribution in [0, 0.1) is 0 Å². The Morgan fingerprint density at radius 1 is 1.19 bits per heavy atom. The molecule has 0 aliphatic carbocycles. The van der Waals surface area contributed by atoms with E-state index >= 15 is 0 Å². The smallest absolute Gasteiger partial charge is 0.392 e. The van der Waals surface area contributed by atoms with Crippen LogP contribution in [0.4, 0.5) is 18.9 Å². The zero-order valence-electron chi connectivity index (χ0n) is 7.94. The monoisotopic (exact) mass is 273 g/mol. The van der Waals surface area contributed by atoms with Crippen LogP contribution < -0.4 is 10.5 Å². The molecule has 0 bridgehead atoms. The van der Waals surface area contributed by atoms with E-state index in [1.165, 1.54) is 12.1 Å². The van der Waals surface area contributed by atoms with Crippen molar-refractivity contribution in [1.82, 2.24) is 0 Å². The fraction of sp³-hybridized carbons (Fsp3) is 0.333. The van der Waals surface area contributed by atoms with Crippen molar-refractivity contribution in [3.05, 3.63) is 22.2 Å². The predicted octanol–water partition coefficient (Wildman–Crippen LogP) is 3.91. The van der Waals surface area contributed by atoms with Gasteiger partial charge in [0.25, 0.3) is 0 Å². The first-order valence-electron chi connectivity index (χ1n) is 4.23. The molecule has 0 saturated carbocycles. The van der Waals surface area contributed by atoms with Gasteiger partial charge in [0.2, 0.25) is 0 Å². The summed E-state index contributed by atoms with van der Waals surface area (Å²) in [5, 5.41) is 0.403. The van der Waals surface area contributed by atoms with Crippen molar-refractivity contribution in [3.8, 4) is 5.75 Å². The molecule has 0 heterocycles. The van der Waals surface area contributed by atoms with Crippen LogP contribution in [0.5, 0.6) is 5.75 Å². The Hall–Kier alpha value is -0.810. The third kappa shape index (κ3) is 3.98. The number of halogens is 5. The molecule has 7 heteroatoms. The van der Waals surface area contributed by atoms with Crippen LogP contribution in [0.25, 0.3) is 0 Å². The van der Waals surface area contributed by atoms with Crippen molar-refractivity contribution >= 4 is 28.9 Å². The molecule has 0 spiro atoms. The number of rotatable bonds is 3. The molecular weight excluding hydrogens is 266 g/mol. The Morgan fingerprint density at radius 2 is 1.75 bits per heavy atom. The fourth-order valence-electron chi connectivity index (χ4n) is 0.946. The SMILES string of the molecule is Nc1cc(Cl)c(Cl)cc1OCCC(F)(F)F. The molecule has 2 N–H and O–H groups in total. The summed E-state index contributed by atoms with van der Waals surface area (Å²) >= 11 is 11.3. The Morgan fingerprint density at radius 3 is 2.31 bits per heavy atom. The number of hydrogen-bond donors (Lipinski definition) is 1. The summed E-state index contributed by atoms with van der Waals surface area (Å²) in [7, 11) is 0. The molecule has 0 unspecified atom stereocenters. The van der Waals surface area contributed by atoms with Gasteiger partial charge in [-0.3, -0.25) is 0 Å². The van der Waals surface area contributed by atoms with E-state index in [-0.39, 0.29) is 21.5 Å². The molecular formula is C9H8Cl2F3NO. The molecule has 1 rings (SSSR count). The van der Waals surface area contributed by atoms with Gasteiger partial charge in [-0.25, -0.2) is 0 Å². The van der Waals surface area contributed by atoms with Crippen LogP contribution in [0.15, 0.2) is 12.1 Å². The van der Waals surface area contributed by atoms with Crippen molar-refractivity contribution in [2.75, 3.05) is 12.3 Å². The number of anilines is 1. The van der Waals surface area contributed by atoms with E-state index in [0.29, 0.717) is 0 Å². The molecule has 0 saturated heterocycles. The maximum absolute atomic E-state index is 11.8. The standard InChI is InChI=1S/C9H8Cl2F3NO/c10-5-3-7(15)8(4-6(5)11)16-2-1-9(12,13)14/h3-4H,1-2,15H2. The van der Waals surface area contributed by atoms with Gasteiger partial charge in [-0.15, -0.1) is 0 Å². The van der Waals surface area contributed by atoms with Crippen molar-refractivity contribution in [2.45, 2.75) is 12.6 Å². The number of ether oxygens (including phenoxy) is 1. The highest BCUT2D eigenvalue weighted by Crippen LogP contribution is 2.32. The van der Waals surface area contributed by atoms with Crippen molar-refractivity contribution in [2.24, 2.45) is 0 Å². The lowest BCUT2D eigenvalue weighted by Gasteiger charge is -2.11. The van der Waals surface area contributed by atoms with Gasteiger partial charge in [0.1, 0.15) is 5.75 Å². The third-order valence-corrected chi connectivity index (χ3v) is 2.42. The average Bonchev–Trinajstić information content (AvgIpc) is 2.11. The Labute approximate surface area is 100 Å². The van der Waals surface area contributed by atoms with Crippen LogP contribution in [0.1, 0.15) is 6.42 Å². The van der Waals surface area contributed by atoms with E-state index in [0.717, 1.165) is 0 Å². The predicted molar refractivity (Wildman–Crippen MR) is 57.0 cm³/mol. The van der Waals surface area contributed by atoms with E-state index in [1.54, 1.807) is 0 Å². The molecule has 0 aromatic heterocycles. The summed E-state index contributed by atoms with van der Waals surface area (Å²) in [4.78, 5) is 0. The highest BCUT2D eigenvalue weighted by atomic mass is 35.5. The highest BCUT2D eigenvalue weighted by Gasteiger charge is 2.27. The molecule has 16 heavy (non-hydrogen) atoms.